The van der Waals surface area contributed by atoms with Gasteiger partial charge in [0.1, 0.15) is 41.6 Å². The van der Waals surface area contributed by atoms with Gasteiger partial charge in [0.25, 0.3) is 21.6 Å². The summed E-state index contributed by atoms with van der Waals surface area (Å²) < 4.78 is 79.2. The largest absolute Gasteiger partial charge is 0.494 e. The van der Waals surface area contributed by atoms with Gasteiger partial charge in [0, 0.05) is 107 Å². The van der Waals surface area contributed by atoms with Crippen LogP contribution in [0.25, 0.3) is 16.7 Å². The van der Waals surface area contributed by atoms with Gasteiger partial charge in [0.2, 0.25) is 33.1 Å². The normalized spacial score (nSPS) is 15.6. The molecule has 2 atom stereocenters. The molecule has 464 valence electrons. The fraction of sp³-hybridized carbons (Fsp3) is 0.339. The first kappa shape index (κ1) is 60.2. The minimum atomic E-state index is -5.11. The van der Waals surface area contributed by atoms with E-state index >= 15 is 0 Å². The van der Waals surface area contributed by atoms with E-state index in [9.17, 15) is 65.8 Å². The molecule has 3 aromatic heterocycles. The first-order valence-electron chi connectivity index (χ1n) is 28.8. The van der Waals surface area contributed by atoms with Crippen molar-refractivity contribution in [3.05, 3.63) is 132 Å². The van der Waals surface area contributed by atoms with E-state index in [4.69, 9.17) is 10.5 Å². The lowest BCUT2D eigenvalue weighted by Crippen LogP contribution is -2.45. The zero-order valence-electron chi connectivity index (χ0n) is 47.5. The predicted octanol–water partition coefficient (Wildman–Crippen LogP) is 2.11. The van der Waals surface area contributed by atoms with E-state index in [-0.39, 0.29) is 46.2 Å². The predicted molar refractivity (Wildman–Crippen MR) is 324 cm³/mol. The van der Waals surface area contributed by atoms with Gasteiger partial charge in [-0.1, -0.05) is 6.07 Å². The standard InChI is InChI=1S/C59H60N12O15S3/c60-59-67-53-48(55(75)68-59)64-34(28-62-53)27-61-33-11-9-30(10-12-33)54(74)66-41(57(77)78)15-16-45(72)65-42(58(79)80)29-87-43-26-46(73)71(56(43)76)22-17-63-88(81,82)35-13-14-36(44(25-35)89(83,84)85)47-39-23-31-5-1-18-69-20-3-7-37(49(31)69)51(39)86-52-38-8-4-21-70-19-2-6-32(50(38)70)24-40(47)52/h9-14,23-26,28,41-42,63H,1-8,15-22,27,29H2,(H10-,60,61,62,64,65,66,67,68,72,73,74,75,76,77,78,79,80,83,84,85)/p+1. The van der Waals surface area contributed by atoms with Crippen LogP contribution in [-0.4, -0.2) is 141 Å². The third-order valence-electron chi connectivity index (χ3n) is 16.5. The van der Waals surface area contributed by atoms with E-state index in [0.29, 0.717) is 39.2 Å². The third-order valence-corrected chi connectivity index (χ3v) is 20.0. The number of carboxylic acids is 2. The highest BCUT2D eigenvalue weighted by Crippen LogP contribution is 2.49. The Morgan fingerprint density at radius 1 is 0.831 bits per heavy atom. The number of H-pyrrole nitrogens is 1. The SMILES string of the molecule is Nc1nc2ncc(CNc3ccc(C(=O)NC(CCC(=O)NC(CSc4cc(O)n(CCNS(=O)(=O)c5ccc(C6=c7cc8c9c(c7Oc7c6cc6c%10c7CCCN%10CCC6)CCC[N+]=9CCC8)c(S(=O)(=O)O)c5)c4O)C(=O)O)C(=O)O)cc3)nc2c(=O)[nH]1. The van der Waals surface area contributed by atoms with Crippen LogP contribution in [0.1, 0.15) is 88.0 Å². The van der Waals surface area contributed by atoms with Crippen molar-refractivity contribution in [2.45, 2.75) is 104 Å². The highest BCUT2D eigenvalue weighted by molar-refractivity contribution is 7.99. The van der Waals surface area contributed by atoms with E-state index in [1.165, 1.54) is 30.5 Å². The minimum Gasteiger partial charge on any atom is -0.494 e. The molecule has 27 nitrogen and oxygen atoms in total. The fourth-order valence-corrected chi connectivity index (χ4v) is 15.3. The van der Waals surface area contributed by atoms with Crippen LogP contribution in [0.2, 0.25) is 0 Å². The summed E-state index contributed by atoms with van der Waals surface area (Å²) >= 11 is 0.727. The molecule has 12 rings (SSSR count). The van der Waals surface area contributed by atoms with Crippen LogP contribution in [0, 0.1) is 0 Å². The van der Waals surface area contributed by atoms with Crippen molar-refractivity contribution < 1.29 is 65.7 Å². The number of carboxylic acid groups (broad SMARTS) is 2. The zero-order valence-corrected chi connectivity index (χ0v) is 50.0. The van der Waals surface area contributed by atoms with Crippen LogP contribution in [0.5, 0.6) is 23.3 Å². The van der Waals surface area contributed by atoms with Crippen molar-refractivity contribution in [1.29, 1.82) is 0 Å². The maximum atomic E-state index is 14.1. The first-order chi connectivity index (χ1) is 42.6. The minimum absolute atomic E-state index is 0.00508. The van der Waals surface area contributed by atoms with Crippen LogP contribution in [0.3, 0.4) is 0 Å². The van der Waals surface area contributed by atoms with Gasteiger partial charge >= 0.3 is 11.9 Å². The van der Waals surface area contributed by atoms with Crippen molar-refractivity contribution in [2.24, 2.45) is 0 Å². The molecule has 2 amide bonds. The number of benzene rings is 4. The van der Waals surface area contributed by atoms with E-state index < -0.39 is 108 Å². The van der Waals surface area contributed by atoms with Gasteiger partial charge < -0.3 is 51.7 Å². The Morgan fingerprint density at radius 3 is 2.31 bits per heavy atom. The van der Waals surface area contributed by atoms with Crippen molar-refractivity contribution in [3.63, 3.8) is 0 Å². The number of sulfonamides is 1. The molecule has 8 heterocycles. The molecule has 5 aliphatic rings. The Morgan fingerprint density at radius 2 is 1.56 bits per heavy atom. The number of hydrogen-bond acceptors (Lipinski definition) is 19. The number of nitrogen functional groups attached to an aromatic ring is 1. The molecule has 89 heavy (non-hydrogen) atoms. The molecule has 0 aliphatic carbocycles. The lowest BCUT2D eigenvalue weighted by atomic mass is 9.82. The number of carbonyl (C=O) groups is 4. The molecule has 0 fully saturated rings. The topological polar surface area (TPSA) is 404 Å². The molecule has 0 saturated heterocycles. The molecular formula is C59H61N12O15S3+. The van der Waals surface area contributed by atoms with Crippen molar-refractivity contribution in [3.8, 4) is 23.3 Å². The number of fused-ring (bicyclic) bond motifs is 5. The monoisotopic (exact) mass is 1270 g/mol. The molecule has 2 unspecified atom stereocenters. The number of carbonyl (C=O) groups excluding carboxylic acids is 2. The Labute approximate surface area is 511 Å². The molecule has 0 spiro atoms. The van der Waals surface area contributed by atoms with Gasteiger partial charge in [-0.05, 0) is 99.0 Å². The summed E-state index contributed by atoms with van der Waals surface area (Å²) in [6.45, 7) is 2.94. The number of rotatable bonds is 21. The van der Waals surface area contributed by atoms with Gasteiger partial charge in [-0.25, -0.2) is 37.3 Å². The zero-order chi connectivity index (χ0) is 62.6. The van der Waals surface area contributed by atoms with Crippen molar-refractivity contribution >= 4 is 89.7 Å². The number of aromatic hydroxyl groups is 2. The van der Waals surface area contributed by atoms with Crippen molar-refractivity contribution in [2.75, 3.05) is 54.4 Å². The maximum absolute atomic E-state index is 14.1. The Bertz CT molecular complexity index is 4550. The Balaban J connectivity index is 0.689. The number of amides is 2. The summed E-state index contributed by atoms with van der Waals surface area (Å²) in [4.78, 5) is 78.7. The molecular weight excluding hydrogens is 1210 g/mol. The molecule has 0 saturated carbocycles. The summed E-state index contributed by atoms with van der Waals surface area (Å²) in [7, 11) is -9.68. The number of nitrogens with zero attached hydrogens (tertiary/aromatic N) is 6. The lowest BCUT2D eigenvalue weighted by molar-refractivity contribution is -0.142. The molecule has 0 bridgehead atoms. The van der Waals surface area contributed by atoms with Gasteiger partial charge in [-0.15, -0.1) is 11.8 Å². The number of aliphatic carboxylic acids is 2. The molecule has 5 aliphatic heterocycles. The van der Waals surface area contributed by atoms with Crippen LogP contribution < -0.4 is 56.8 Å². The van der Waals surface area contributed by atoms with E-state index in [1.54, 1.807) is 12.1 Å². The fourth-order valence-electron chi connectivity index (χ4n) is 12.5. The summed E-state index contributed by atoms with van der Waals surface area (Å²) in [6.07, 6.45) is 7.22. The average molecular weight is 1270 g/mol. The van der Waals surface area contributed by atoms with E-state index in [0.717, 1.165) is 139 Å². The van der Waals surface area contributed by atoms with Crippen molar-refractivity contribution in [1.82, 2.24) is 44.4 Å². The van der Waals surface area contributed by atoms with Crippen LogP contribution >= 0.6 is 11.8 Å². The smallest absolute Gasteiger partial charge is 0.327 e. The highest BCUT2D eigenvalue weighted by Gasteiger charge is 2.38. The van der Waals surface area contributed by atoms with Crippen LogP contribution in [0.15, 0.2) is 86.3 Å². The Hall–Kier alpha value is -9.10. The number of aromatic nitrogens is 5. The number of aryl methyl sites for hydroxylation is 2. The number of nitrogens with two attached hydrogens (primary N) is 1. The second kappa shape index (κ2) is 24.1. The number of nitrogens with one attached hydrogen (secondary N) is 5. The third kappa shape index (κ3) is 12.0. The molecule has 30 heteroatoms. The van der Waals surface area contributed by atoms with Crippen LogP contribution in [-0.2, 0) is 73.3 Å². The van der Waals surface area contributed by atoms with Gasteiger partial charge in [-0.2, -0.15) is 13.4 Å². The van der Waals surface area contributed by atoms with Gasteiger partial charge in [0.15, 0.2) is 17.0 Å². The quantitative estimate of drug-likeness (QED) is 0.0279. The summed E-state index contributed by atoms with van der Waals surface area (Å²) in [5.41, 5.74) is 12.8. The van der Waals surface area contributed by atoms with E-state index in [1.807, 2.05) is 0 Å². The maximum Gasteiger partial charge on any atom is 0.327 e. The van der Waals surface area contributed by atoms with E-state index in [2.05, 4.69) is 62.2 Å². The lowest BCUT2D eigenvalue weighted by Gasteiger charge is -2.39. The second-order valence-electron chi connectivity index (χ2n) is 22.3. The molecule has 4 aromatic carbocycles. The first-order valence-corrected chi connectivity index (χ1v) is 32.7. The number of hydrogen-bond donors (Lipinski definition) is 11. The number of ether oxygens (including phenoxy) is 1. The summed E-state index contributed by atoms with van der Waals surface area (Å²) in [6, 6.07) is 11.6. The van der Waals surface area contributed by atoms with Crippen LogP contribution in [0.4, 0.5) is 17.3 Å². The summed E-state index contributed by atoms with van der Waals surface area (Å²) in [5.74, 6) is -4.96. The van der Waals surface area contributed by atoms with Gasteiger partial charge in [-0.3, -0.25) is 28.5 Å². The molecule has 7 aromatic rings. The summed E-state index contributed by atoms with van der Waals surface area (Å²) in [5, 5.41) is 51.5. The second-order valence-corrected chi connectivity index (χ2v) is 26.5. The number of anilines is 3. The molecule has 0 radical (unpaired) electrons. The number of aromatic amines is 1. The molecule has 12 N–H and O–H groups in total. The Kier molecular flexibility index (Phi) is 16.3. The average Bonchev–Trinajstić information content (AvgIpc) is 1.07. The highest BCUT2D eigenvalue weighted by atomic mass is 32.2. The van der Waals surface area contributed by atoms with Gasteiger partial charge in [0.05, 0.1) is 33.8 Å². The number of thioether (sulfide) groups is 1.